The summed E-state index contributed by atoms with van der Waals surface area (Å²) in [4.78, 5) is 17.0. The van der Waals surface area contributed by atoms with Gasteiger partial charge in [0.15, 0.2) is 5.82 Å². The molecular formula is C19H19F3N6O2. The zero-order valence-electron chi connectivity index (χ0n) is 16.1. The molecule has 1 fully saturated rings. The first-order valence-electron chi connectivity index (χ1n) is 9.26. The number of nitrogens with zero attached hydrogens (tertiary/aromatic N) is 6. The number of hydrogen-bond donors (Lipinski definition) is 0. The van der Waals surface area contributed by atoms with Gasteiger partial charge in [0.1, 0.15) is 0 Å². The van der Waals surface area contributed by atoms with Crippen molar-refractivity contribution >= 4 is 5.82 Å². The summed E-state index contributed by atoms with van der Waals surface area (Å²) >= 11 is 0. The summed E-state index contributed by atoms with van der Waals surface area (Å²) in [7, 11) is 1.55. The minimum Gasteiger partial charge on any atom is -0.480 e. The van der Waals surface area contributed by atoms with E-state index in [1.807, 2.05) is 0 Å². The van der Waals surface area contributed by atoms with E-state index in [9.17, 15) is 13.2 Å². The number of ether oxygens (including phenoxy) is 1. The van der Waals surface area contributed by atoms with Gasteiger partial charge in [-0.05, 0) is 12.1 Å². The maximum Gasteiger partial charge on any atom is 0.416 e. The molecule has 0 atom stereocenters. The summed E-state index contributed by atoms with van der Waals surface area (Å²) in [6.45, 7) is 3.36. The van der Waals surface area contributed by atoms with Crippen LogP contribution in [0.25, 0.3) is 11.4 Å². The highest BCUT2D eigenvalue weighted by Gasteiger charge is 2.31. The van der Waals surface area contributed by atoms with Crippen molar-refractivity contribution in [2.45, 2.75) is 12.7 Å². The van der Waals surface area contributed by atoms with Crippen LogP contribution in [0.2, 0.25) is 0 Å². The first kappa shape index (κ1) is 20.1. The Morgan fingerprint density at radius 1 is 1.10 bits per heavy atom. The Hall–Kier alpha value is -3.21. The molecule has 0 radical (unpaired) electrons. The smallest absolute Gasteiger partial charge is 0.416 e. The van der Waals surface area contributed by atoms with Gasteiger partial charge in [0.25, 0.3) is 0 Å². The summed E-state index contributed by atoms with van der Waals surface area (Å²) in [6, 6.07) is 4.88. The Morgan fingerprint density at radius 3 is 2.63 bits per heavy atom. The predicted molar refractivity (Wildman–Crippen MR) is 101 cm³/mol. The Balaban J connectivity index is 1.37. The SMILES string of the molecule is COc1cncc(N2CCN(Cc3nc(-c4cccc(C(F)(F)F)c4)no3)CC2)n1. The van der Waals surface area contributed by atoms with E-state index in [-0.39, 0.29) is 11.4 Å². The minimum atomic E-state index is -4.42. The Morgan fingerprint density at radius 2 is 1.90 bits per heavy atom. The molecule has 158 valence electrons. The molecule has 30 heavy (non-hydrogen) atoms. The van der Waals surface area contributed by atoms with Gasteiger partial charge >= 0.3 is 6.18 Å². The lowest BCUT2D eigenvalue weighted by Gasteiger charge is -2.34. The van der Waals surface area contributed by atoms with E-state index >= 15 is 0 Å². The van der Waals surface area contributed by atoms with Crippen LogP contribution in [0, 0.1) is 0 Å². The monoisotopic (exact) mass is 420 g/mol. The van der Waals surface area contributed by atoms with Gasteiger partial charge in [-0.1, -0.05) is 17.3 Å². The van der Waals surface area contributed by atoms with Gasteiger partial charge in [-0.2, -0.15) is 23.1 Å². The van der Waals surface area contributed by atoms with Crippen molar-refractivity contribution in [3.05, 3.63) is 48.1 Å². The Bertz CT molecular complexity index is 1000. The minimum absolute atomic E-state index is 0.140. The highest BCUT2D eigenvalue weighted by molar-refractivity contribution is 5.55. The van der Waals surface area contributed by atoms with Gasteiger partial charge in [-0.15, -0.1) is 0 Å². The molecule has 0 aliphatic carbocycles. The number of alkyl halides is 3. The Kier molecular flexibility index (Phi) is 5.53. The van der Waals surface area contributed by atoms with E-state index in [1.54, 1.807) is 19.5 Å². The summed E-state index contributed by atoms with van der Waals surface area (Å²) in [5, 5.41) is 3.83. The van der Waals surface area contributed by atoms with Crippen molar-refractivity contribution in [2.24, 2.45) is 0 Å². The van der Waals surface area contributed by atoms with E-state index in [0.717, 1.165) is 44.1 Å². The lowest BCUT2D eigenvalue weighted by Crippen LogP contribution is -2.46. The normalized spacial score (nSPS) is 15.4. The molecule has 0 amide bonds. The number of anilines is 1. The van der Waals surface area contributed by atoms with Crippen LogP contribution in [-0.4, -0.2) is 58.3 Å². The lowest BCUT2D eigenvalue weighted by atomic mass is 10.1. The van der Waals surface area contributed by atoms with Crippen LogP contribution in [0.15, 0.2) is 41.2 Å². The van der Waals surface area contributed by atoms with E-state index in [4.69, 9.17) is 9.26 Å². The average Bonchev–Trinajstić information content (AvgIpc) is 3.22. The third-order valence-corrected chi connectivity index (χ3v) is 4.78. The van der Waals surface area contributed by atoms with Crippen LogP contribution in [0.3, 0.4) is 0 Å². The summed E-state index contributed by atoms with van der Waals surface area (Å²) in [5.41, 5.74) is -0.482. The zero-order chi connectivity index (χ0) is 21.1. The van der Waals surface area contributed by atoms with Gasteiger partial charge in [0, 0.05) is 31.7 Å². The molecule has 0 spiro atoms. The van der Waals surface area contributed by atoms with Crippen molar-refractivity contribution < 1.29 is 22.4 Å². The van der Waals surface area contributed by atoms with Gasteiger partial charge in [-0.3, -0.25) is 9.88 Å². The van der Waals surface area contributed by atoms with Crippen LogP contribution in [0.1, 0.15) is 11.5 Å². The average molecular weight is 420 g/mol. The van der Waals surface area contributed by atoms with E-state index in [2.05, 4.69) is 29.9 Å². The van der Waals surface area contributed by atoms with Crippen LogP contribution < -0.4 is 9.64 Å². The second-order valence-electron chi connectivity index (χ2n) is 6.77. The summed E-state index contributed by atoms with van der Waals surface area (Å²) in [6.07, 6.45) is -1.18. The number of benzene rings is 1. The highest BCUT2D eigenvalue weighted by Crippen LogP contribution is 2.31. The molecule has 0 unspecified atom stereocenters. The first-order valence-corrected chi connectivity index (χ1v) is 9.26. The van der Waals surface area contributed by atoms with Crippen molar-refractivity contribution in [2.75, 3.05) is 38.2 Å². The molecule has 1 aromatic carbocycles. The van der Waals surface area contributed by atoms with Crippen molar-refractivity contribution in [1.29, 1.82) is 0 Å². The second-order valence-corrected chi connectivity index (χ2v) is 6.77. The summed E-state index contributed by atoms with van der Waals surface area (Å²) < 4.78 is 49.1. The molecule has 0 N–H and O–H groups in total. The maximum atomic E-state index is 12.9. The van der Waals surface area contributed by atoms with Gasteiger partial charge in [0.2, 0.25) is 17.6 Å². The number of hydrogen-bond acceptors (Lipinski definition) is 8. The second kappa shape index (κ2) is 8.27. The molecule has 1 saturated heterocycles. The fourth-order valence-corrected chi connectivity index (χ4v) is 3.19. The number of aromatic nitrogens is 4. The highest BCUT2D eigenvalue weighted by atomic mass is 19.4. The van der Waals surface area contributed by atoms with Gasteiger partial charge in [-0.25, -0.2) is 0 Å². The Labute approximate surface area is 170 Å². The molecule has 1 aliphatic rings. The van der Waals surface area contributed by atoms with Crippen LogP contribution >= 0.6 is 0 Å². The molecule has 3 aromatic rings. The number of methoxy groups -OCH3 is 1. The molecule has 1 aliphatic heterocycles. The fourth-order valence-electron chi connectivity index (χ4n) is 3.19. The molecule has 3 heterocycles. The number of rotatable bonds is 5. The van der Waals surface area contributed by atoms with E-state index in [0.29, 0.717) is 18.3 Å². The molecule has 8 nitrogen and oxygen atoms in total. The topological polar surface area (TPSA) is 80.4 Å². The quantitative estimate of drug-likeness (QED) is 0.624. The molecule has 4 rings (SSSR count). The van der Waals surface area contributed by atoms with Gasteiger partial charge < -0.3 is 14.2 Å². The van der Waals surface area contributed by atoms with Crippen LogP contribution in [-0.2, 0) is 12.7 Å². The molecule has 2 aromatic heterocycles. The summed E-state index contributed by atoms with van der Waals surface area (Å²) in [5.74, 6) is 1.71. The fraction of sp³-hybridized carbons (Fsp3) is 0.368. The van der Waals surface area contributed by atoms with Gasteiger partial charge in [0.05, 0.1) is 31.6 Å². The standard InChI is InChI=1S/C19H19F3N6O2/c1-29-16-11-23-10-15(24-16)28-7-5-27(6-8-28)12-17-25-18(26-30-17)13-3-2-4-14(9-13)19(20,21)22/h2-4,9-11H,5-8,12H2,1H3. The van der Waals surface area contributed by atoms with E-state index in [1.165, 1.54) is 12.1 Å². The molecule has 0 saturated carbocycles. The number of halogens is 3. The van der Waals surface area contributed by atoms with Crippen molar-refractivity contribution in [3.63, 3.8) is 0 Å². The molecular weight excluding hydrogens is 401 g/mol. The van der Waals surface area contributed by atoms with Crippen molar-refractivity contribution in [1.82, 2.24) is 25.0 Å². The van der Waals surface area contributed by atoms with Crippen LogP contribution in [0.4, 0.5) is 19.0 Å². The number of piperazine rings is 1. The molecule has 11 heteroatoms. The third kappa shape index (κ3) is 4.51. The van der Waals surface area contributed by atoms with Crippen molar-refractivity contribution in [3.8, 4) is 17.3 Å². The van der Waals surface area contributed by atoms with Crippen LogP contribution in [0.5, 0.6) is 5.88 Å². The maximum absolute atomic E-state index is 12.9. The molecule has 0 bridgehead atoms. The van der Waals surface area contributed by atoms with E-state index < -0.39 is 11.7 Å². The predicted octanol–water partition coefficient (Wildman–Crippen LogP) is 2.88. The zero-order valence-corrected chi connectivity index (χ0v) is 16.1. The third-order valence-electron chi connectivity index (χ3n) is 4.78. The largest absolute Gasteiger partial charge is 0.480 e. The first-order chi connectivity index (χ1) is 14.4. The lowest BCUT2D eigenvalue weighted by molar-refractivity contribution is -0.137.